The number of piperidine rings is 1. The Morgan fingerprint density at radius 2 is 1.84 bits per heavy atom. The van der Waals surface area contributed by atoms with Crippen molar-refractivity contribution < 1.29 is 27.5 Å². The van der Waals surface area contributed by atoms with Crippen LogP contribution < -0.4 is 11.1 Å². The minimum absolute atomic E-state index is 0.0206. The van der Waals surface area contributed by atoms with E-state index in [2.05, 4.69) is 15.3 Å². The molecule has 0 bridgehead atoms. The van der Waals surface area contributed by atoms with E-state index in [4.69, 9.17) is 15.5 Å². The predicted octanol–water partition coefficient (Wildman–Crippen LogP) is 6.56. The van der Waals surface area contributed by atoms with Gasteiger partial charge in [-0.25, -0.2) is 15.0 Å². The van der Waals surface area contributed by atoms with Crippen LogP contribution in [0.25, 0.3) is 28.9 Å². The Balaban J connectivity index is 1.37. The summed E-state index contributed by atoms with van der Waals surface area (Å²) in [6, 6.07) is 18.0. The van der Waals surface area contributed by atoms with Crippen molar-refractivity contribution in [2.75, 3.05) is 37.9 Å². The average Bonchev–Trinajstić information content (AvgIpc) is 3.52. The van der Waals surface area contributed by atoms with E-state index in [9.17, 15) is 22.8 Å². The molecule has 5 aromatic rings. The number of nitrogens with one attached hydrogen (secondary N) is 1. The number of methoxy groups -OCH3 is 1. The topological polar surface area (TPSA) is 128 Å². The van der Waals surface area contributed by atoms with Gasteiger partial charge in [0.2, 0.25) is 5.91 Å². The summed E-state index contributed by atoms with van der Waals surface area (Å²) in [5.41, 5.74) is 9.34. The summed E-state index contributed by atoms with van der Waals surface area (Å²) < 4.78 is 46.6. The molecule has 0 aliphatic carbocycles. The van der Waals surface area contributed by atoms with Crippen LogP contribution in [0.4, 0.5) is 24.8 Å². The standard InChI is InChI=1S/C36H34F3N7O3/c1-49-19-16-30(47)45-18-5-8-26(22-45)34-44-31(32-33(40)42-21-28(46(32)34)14-9-23-6-3-2-4-7-23)24-10-12-25(13-11-24)35(48)43-29-20-27(15-17-41-29)36(37,38)39/h2-4,6-7,9-15,17,20-21,26H,5,8,16,18-19,22H2,1H3,(H2,40,42)(H,41,43,48). The van der Waals surface area contributed by atoms with Crippen molar-refractivity contribution in [3.05, 3.63) is 107 Å². The molecule has 0 saturated carbocycles. The van der Waals surface area contributed by atoms with Gasteiger partial charge in [-0.05, 0) is 48.7 Å². The number of pyridine rings is 1. The number of nitrogen functional groups attached to an aromatic ring is 1. The number of ether oxygens (including phenoxy) is 1. The number of likely N-dealkylation sites (tertiary alicyclic amines) is 1. The fourth-order valence-electron chi connectivity index (χ4n) is 5.93. The van der Waals surface area contributed by atoms with Gasteiger partial charge in [-0.1, -0.05) is 48.5 Å². The number of aromatic nitrogens is 4. The first kappa shape index (κ1) is 33.3. The number of imidazole rings is 1. The highest BCUT2D eigenvalue weighted by Crippen LogP contribution is 2.36. The maximum atomic E-state index is 13.2. The van der Waals surface area contributed by atoms with Gasteiger partial charge in [-0.2, -0.15) is 13.2 Å². The Hall–Kier alpha value is -5.56. The average molecular weight is 670 g/mol. The highest BCUT2D eigenvalue weighted by Gasteiger charge is 2.32. The molecule has 252 valence electrons. The highest BCUT2D eigenvalue weighted by atomic mass is 19.4. The van der Waals surface area contributed by atoms with Gasteiger partial charge < -0.3 is 20.7 Å². The lowest BCUT2D eigenvalue weighted by atomic mass is 9.96. The first-order chi connectivity index (χ1) is 23.6. The molecule has 0 spiro atoms. The smallest absolute Gasteiger partial charge is 0.384 e. The van der Waals surface area contributed by atoms with Gasteiger partial charge in [0.05, 0.1) is 30.5 Å². The second kappa shape index (κ2) is 14.3. The molecule has 2 aromatic carbocycles. The number of halogens is 3. The lowest BCUT2D eigenvalue weighted by Gasteiger charge is -2.32. The van der Waals surface area contributed by atoms with Crippen molar-refractivity contribution in [3.63, 3.8) is 0 Å². The second-order valence-electron chi connectivity index (χ2n) is 11.7. The molecule has 3 N–H and O–H groups in total. The van der Waals surface area contributed by atoms with Crippen molar-refractivity contribution >= 4 is 41.1 Å². The summed E-state index contributed by atoms with van der Waals surface area (Å²) in [7, 11) is 1.57. The van der Waals surface area contributed by atoms with Gasteiger partial charge >= 0.3 is 6.18 Å². The summed E-state index contributed by atoms with van der Waals surface area (Å²) in [4.78, 5) is 41.2. The van der Waals surface area contributed by atoms with E-state index in [0.29, 0.717) is 42.9 Å². The van der Waals surface area contributed by atoms with Crippen molar-refractivity contribution in [3.8, 4) is 11.3 Å². The van der Waals surface area contributed by atoms with E-state index < -0.39 is 17.6 Å². The van der Waals surface area contributed by atoms with E-state index in [0.717, 1.165) is 48.3 Å². The van der Waals surface area contributed by atoms with Crippen molar-refractivity contribution in [1.29, 1.82) is 0 Å². The van der Waals surface area contributed by atoms with Gasteiger partial charge in [0, 0.05) is 43.4 Å². The number of nitrogens with zero attached hydrogens (tertiary/aromatic N) is 5. The van der Waals surface area contributed by atoms with Crippen LogP contribution in [0, 0.1) is 0 Å². The molecule has 1 atom stereocenters. The summed E-state index contributed by atoms with van der Waals surface area (Å²) in [5, 5.41) is 2.43. The number of hydrogen-bond acceptors (Lipinski definition) is 7. The van der Waals surface area contributed by atoms with Crippen molar-refractivity contribution in [2.45, 2.75) is 31.4 Å². The van der Waals surface area contributed by atoms with Gasteiger partial charge in [-0.15, -0.1) is 0 Å². The minimum Gasteiger partial charge on any atom is -0.384 e. The molecule has 4 heterocycles. The lowest BCUT2D eigenvalue weighted by Crippen LogP contribution is -2.40. The third kappa shape index (κ3) is 7.46. The number of benzene rings is 2. The number of anilines is 2. The molecule has 1 aliphatic rings. The molecule has 3 aromatic heterocycles. The normalized spacial score (nSPS) is 15.2. The summed E-state index contributed by atoms with van der Waals surface area (Å²) in [5.74, 6) is 0.0688. The van der Waals surface area contributed by atoms with E-state index in [1.807, 2.05) is 51.8 Å². The number of fused-ring (bicyclic) bond motifs is 1. The molecule has 2 amide bonds. The third-order valence-electron chi connectivity index (χ3n) is 8.39. The first-order valence-corrected chi connectivity index (χ1v) is 15.7. The Bertz CT molecular complexity index is 1990. The highest BCUT2D eigenvalue weighted by molar-refractivity contribution is 6.04. The zero-order chi connectivity index (χ0) is 34.5. The summed E-state index contributed by atoms with van der Waals surface area (Å²) in [6.07, 6.45) is 3.94. The third-order valence-corrected chi connectivity index (χ3v) is 8.39. The molecule has 1 saturated heterocycles. The Kier molecular flexibility index (Phi) is 9.72. The molecule has 10 nitrogen and oxygen atoms in total. The van der Waals surface area contributed by atoms with E-state index in [1.165, 1.54) is 0 Å². The molecular formula is C36H34F3N7O3. The van der Waals surface area contributed by atoms with Crippen LogP contribution in [0.2, 0.25) is 0 Å². The number of rotatable bonds is 9. The molecule has 1 aliphatic heterocycles. The van der Waals surface area contributed by atoms with Crippen LogP contribution in [0.1, 0.15) is 58.2 Å². The maximum absolute atomic E-state index is 13.2. The van der Waals surface area contributed by atoms with Gasteiger partial charge in [-0.3, -0.25) is 14.0 Å². The largest absolute Gasteiger partial charge is 0.416 e. The van der Waals surface area contributed by atoms with Crippen molar-refractivity contribution in [1.82, 2.24) is 24.3 Å². The molecule has 0 radical (unpaired) electrons. The van der Waals surface area contributed by atoms with Crippen molar-refractivity contribution in [2.24, 2.45) is 0 Å². The van der Waals surface area contributed by atoms with Gasteiger partial charge in [0.25, 0.3) is 5.91 Å². The van der Waals surface area contributed by atoms with Crippen LogP contribution in [-0.2, 0) is 15.7 Å². The zero-order valence-corrected chi connectivity index (χ0v) is 26.7. The number of amides is 2. The van der Waals surface area contributed by atoms with Gasteiger partial charge in [0.1, 0.15) is 28.7 Å². The second-order valence-corrected chi connectivity index (χ2v) is 11.7. The fourth-order valence-corrected chi connectivity index (χ4v) is 5.93. The number of carbonyl (C=O) groups is 2. The number of alkyl halides is 3. The number of carbonyl (C=O) groups excluding carboxylic acids is 2. The van der Waals surface area contributed by atoms with E-state index in [-0.39, 0.29) is 29.0 Å². The van der Waals surface area contributed by atoms with Crippen LogP contribution in [-0.4, -0.2) is 62.9 Å². The fraction of sp³-hybridized carbons (Fsp3) is 0.250. The molecule has 1 unspecified atom stereocenters. The summed E-state index contributed by atoms with van der Waals surface area (Å²) in [6.45, 7) is 1.48. The quantitative estimate of drug-likeness (QED) is 0.182. The zero-order valence-electron chi connectivity index (χ0n) is 26.7. The molecule has 13 heteroatoms. The van der Waals surface area contributed by atoms with E-state index >= 15 is 0 Å². The van der Waals surface area contributed by atoms with Gasteiger partial charge in [0.15, 0.2) is 0 Å². The lowest BCUT2D eigenvalue weighted by molar-refractivity contribution is -0.137. The van der Waals surface area contributed by atoms with E-state index in [1.54, 1.807) is 37.6 Å². The molecule has 49 heavy (non-hydrogen) atoms. The maximum Gasteiger partial charge on any atom is 0.416 e. The molecular weight excluding hydrogens is 635 g/mol. The van der Waals surface area contributed by atoms with Crippen LogP contribution >= 0.6 is 0 Å². The predicted molar refractivity (Wildman–Crippen MR) is 180 cm³/mol. The van der Waals surface area contributed by atoms with Crippen LogP contribution in [0.15, 0.2) is 79.1 Å². The van der Waals surface area contributed by atoms with Crippen LogP contribution in [0.5, 0.6) is 0 Å². The number of nitrogens with two attached hydrogens (primary N) is 1. The monoisotopic (exact) mass is 669 g/mol. The first-order valence-electron chi connectivity index (χ1n) is 15.7. The molecule has 1 fully saturated rings. The Morgan fingerprint density at radius 3 is 2.57 bits per heavy atom. The summed E-state index contributed by atoms with van der Waals surface area (Å²) >= 11 is 0. The SMILES string of the molecule is COCCC(=O)N1CCCC(c2nc(-c3ccc(C(=O)Nc4cc(C(F)(F)F)ccn4)cc3)c3c(N)ncc(C=Cc4ccccc4)n23)C1. The Morgan fingerprint density at radius 1 is 1.06 bits per heavy atom. The minimum atomic E-state index is -4.57. The molecule has 6 rings (SSSR count). The number of hydrogen-bond donors (Lipinski definition) is 2. The van der Waals surface area contributed by atoms with Crippen LogP contribution in [0.3, 0.4) is 0 Å². The Labute approximate surface area is 280 Å².